The van der Waals surface area contributed by atoms with E-state index in [9.17, 15) is 5.11 Å². The van der Waals surface area contributed by atoms with E-state index < -0.39 is 5.92 Å². The van der Waals surface area contributed by atoms with Crippen LogP contribution in [-0.2, 0) is 15.4 Å². The third-order valence-corrected chi connectivity index (χ3v) is 8.70. The molecule has 1 N–H and O–H groups in total. The number of ether oxygens (including phenoxy) is 2. The fraction of sp³-hybridized carbons (Fsp3) is 0.586. The second kappa shape index (κ2) is 10.1. The maximum Gasteiger partial charge on any atom is 0.274 e. The van der Waals surface area contributed by atoms with E-state index in [1.807, 2.05) is 0 Å². The van der Waals surface area contributed by atoms with Crippen LogP contribution in [-0.4, -0.2) is 38.7 Å². The van der Waals surface area contributed by atoms with E-state index in [0.717, 1.165) is 57.2 Å². The molecule has 0 unspecified atom stereocenters. The van der Waals surface area contributed by atoms with Crippen LogP contribution >= 0.6 is 0 Å². The van der Waals surface area contributed by atoms with Crippen molar-refractivity contribution < 1.29 is 23.4 Å². The predicted octanol–water partition coefficient (Wildman–Crippen LogP) is 6.66. The van der Waals surface area contributed by atoms with Crippen LogP contribution in [0.4, 0.5) is 14.5 Å². The van der Waals surface area contributed by atoms with Gasteiger partial charge in [0.15, 0.2) is 6.29 Å². The van der Waals surface area contributed by atoms with Crippen LogP contribution in [0.5, 0.6) is 5.75 Å². The van der Waals surface area contributed by atoms with E-state index in [-0.39, 0.29) is 35.9 Å². The van der Waals surface area contributed by atoms with E-state index in [1.54, 1.807) is 26.4 Å². The van der Waals surface area contributed by atoms with Crippen LogP contribution in [0.3, 0.4) is 0 Å². The number of aromatic hydroxyl groups is 1. The zero-order chi connectivity index (χ0) is 24.6. The van der Waals surface area contributed by atoms with E-state index in [1.165, 1.54) is 11.8 Å². The number of anilines is 1. The molecule has 1 saturated heterocycles. The lowest BCUT2D eigenvalue weighted by Gasteiger charge is -2.41. The molecule has 1 saturated carbocycles. The molecule has 35 heavy (non-hydrogen) atoms. The van der Waals surface area contributed by atoms with Gasteiger partial charge in [0.05, 0.1) is 0 Å². The third-order valence-electron chi connectivity index (χ3n) is 8.70. The number of alkyl halides is 2. The van der Waals surface area contributed by atoms with E-state index in [2.05, 4.69) is 29.2 Å². The van der Waals surface area contributed by atoms with Crippen molar-refractivity contribution in [2.45, 2.75) is 63.1 Å². The second-order valence-corrected chi connectivity index (χ2v) is 10.6. The van der Waals surface area contributed by atoms with Crippen molar-refractivity contribution in [3.8, 4) is 5.75 Å². The van der Waals surface area contributed by atoms with Gasteiger partial charge in [-0.3, -0.25) is 0 Å². The number of halogens is 2. The number of hydrogen-bond donors (Lipinski definition) is 1. The van der Waals surface area contributed by atoms with Crippen molar-refractivity contribution in [1.29, 1.82) is 0 Å². The van der Waals surface area contributed by atoms with Gasteiger partial charge in [0.25, 0.3) is 5.92 Å². The van der Waals surface area contributed by atoms with Crippen LogP contribution < -0.4 is 4.90 Å². The molecule has 0 spiro atoms. The number of benzene rings is 2. The van der Waals surface area contributed by atoms with Gasteiger partial charge in [0, 0.05) is 56.8 Å². The lowest BCUT2D eigenvalue weighted by atomic mass is 9.65. The Morgan fingerprint density at radius 3 is 2.23 bits per heavy atom. The summed E-state index contributed by atoms with van der Waals surface area (Å²) in [5, 5.41) is 9.97. The Balaban J connectivity index is 1.41. The minimum atomic E-state index is -2.91. The van der Waals surface area contributed by atoms with Gasteiger partial charge in [-0.05, 0) is 60.1 Å². The summed E-state index contributed by atoms with van der Waals surface area (Å²) in [5.74, 6) is -2.46. The molecule has 5 rings (SSSR count). The smallest absolute Gasteiger partial charge is 0.274 e. The van der Waals surface area contributed by atoms with Crippen molar-refractivity contribution in [3.05, 3.63) is 59.2 Å². The number of piperidine rings is 1. The molecular formula is C29H37F2NO3. The van der Waals surface area contributed by atoms with Crippen LogP contribution in [0.2, 0.25) is 0 Å². The summed E-state index contributed by atoms with van der Waals surface area (Å²) >= 11 is 0. The molecule has 0 radical (unpaired) electrons. The van der Waals surface area contributed by atoms with Crippen molar-refractivity contribution in [2.24, 2.45) is 17.8 Å². The summed E-state index contributed by atoms with van der Waals surface area (Å²) in [6.45, 7) is 1.88. The quantitative estimate of drug-likeness (QED) is 0.465. The van der Waals surface area contributed by atoms with Gasteiger partial charge in [-0.1, -0.05) is 43.9 Å². The molecule has 2 atom stereocenters. The highest BCUT2D eigenvalue weighted by Gasteiger charge is 2.49. The molecule has 4 nitrogen and oxygen atoms in total. The van der Waals surface area contributed by atoms with Crippen molar-refractivity contribution in [2.75, 3.05) is 32.2 Å². The highest BCUT2D eigenvalue weighted by Crippen LogP contribution is 2.55. The normalized spacial score (nSPS) is 25.2. The number of methoxy groups -OCH3 is 2. The Morgan fingerprint density at radius 2 is 1.60 bits per heavy atom. The number of hydrogen-bond acceptors (Lipinski definition) is 4. The number of fused-ring (bicyclic) bond motifs is 1. The topological polar surface area (TPSA) is 41.9 Å². The first-order chi connectivity index (χ1) is 16.9. The fourth-order valence-electron chi connectivity index (χ4n) is 6.94. The Kier molecular flexibility index (Phi) is 7.04. The van der Waals surface area contributed by atoms with Crippen molar-refractivity contribution >= 4 is 5.69 Å². The summed E-state index contributed by atoms with van der Waals surface area (Å²) in [6.07, 6.45) is 6.03. The van der Waals surface area contributed by atoms with Crippen LogP contribution in [0, 0.1) is 17.8 Å². The first-order valence-electron chi connectivity index (χ1n) is 13.0. The Hall–Kier alpha value is -2.18. The number of phenols is 1. The van der Waals surface area contributed by atoms with Crippen LogP contribution in [0.15, 0.2) is 42.5 Å². The fourth-order valence-corrected chi connectivity index (χ4v) is 6.94. The van der Waals surface area contributed by atoms with E-state index in [0.29, 0.717) is 17.4 Å². The molecule has 0 bridgehead atoms. The molecule has 6 heteroatoms. The van der Waals surface area contributed by atoms with Gasteiger partial charge < -0.3 is 19.5 Å². The maximum atomic E-state index is 15.3. The molecular weight excluding hydrogens is 448 g/mol. The largest absolute Gasteiger partial charge is 0.508 e. The van der Waals surface area contributed by atoms with Gasteiger partial charge in [-0.15, -0.1) is 0 Å². The number of nitrogens with zero attached hydrogens (tertiary/aromatic N) is 1. The van der Waals surface area contributed by atoms with Crippen LogP contribution in [0.1, 0.15) is 67.6 Å². The average Bonchev–Trinajstić information content (AvgIpc) is 3.41. The molecule has 190 valence electrons. The summed E-state index contributed by atoms with van der Waals surface area (Å²) in [6, 6.07) is 13.1. The van der Waals surface area contributed by atoms with Crippen LogP contribution in [0.25, 0.3) is 0 Å². The molecule has 1 aliphatic heterocycles. The molecule has 0 amide bonds. The molecule has 2 aromatic carbocycles. The van der Waals surface area contributed by atoms with Gasteiger partial charge in [0.1, 0.15) is 5.75 Å². The molecule has 2 fully saturated rings. The van der Waals surface area contributed by atoms with Gasteiger partial charge in [-0.25, -0.2) is 8.78 Å². The Bertz CT molecular complexity index is 993. The summed E-state index contributed by atoms with van der Waals surface area (Å²) in [7, 11) is 3.39. The zero-order valence-corrected chi connectivity index (χ0v) is 20.8. The molecule has 2 aromatic rings. The van der Waals surface area contributed by atoms with Crippen molar-refractivity contribution in [3.63, 3.8) is 0 Å². The first kappa shape index (κ1) is 24.5. The van der Waals surface area contributed by atoms with E-state index in [4.69, 9.17) is 9.47 Å². The molecule has 1 heterocycles. The average molecular weight is 486 g/mol. The predicted molar refractivity (Wildman–Crippen MR) is 133 cm³/mol. The summed E-state index contributed by atoms with van der Waals surface area (Å²) in [5.41, 5.74) is 2.94. The standard InChI is InChI=1S/C29H37F2NO3/c1-34-28(35-2)21-13-15-32(16-14-21)22-9-7-20(8-10-22)27-24-12-11-23(33)17-26(24)29(30,31)18-25(27)19-5-3-4-6-19/h7-12,17,19,21,25,27-28,33H,3-6,13-16,18H2,1-2H3/t25-,27-/m0/s1. The van der Waals surface area contributed by atoms with Crippen molar-refractivity contribution in [1.82, 2.24) is 0 Å². The summed E-state index contributed by atoms with van der Waals surface area (Å²) in [4.78, 5) is 2.39. The first-order valence-corrected chi connectivity index (χ1v) is 13.0. The van der Waals surface area contributed by atoms with Gasteiger partial charge in [0.2, 0.25) is 0 Å². The number of rotatable bonds is 6. The molecule has 0 aromatic heterocycles. The SMILES string of the molecule is COC(OC)C1CCN(c2ccc([C@H]3c4ccc(O)cc4C(F)(F)C[C@H]3C3CCCC3)cc2)CC1. The second-order valence-electron chi connectivity index (χ2n) is 10.6. The summed E-state index contributed by atoms with van der Waals surface area (Å²) < 4.78 is 41.5. The third kappa shape index (κ3) is 4.79. The minimum Gasteiger partial charge on any atom is -0.508 e. The van der Waals surface area contributed by atoms with Gasteiger partial charge in [-0.2, -0.15) is 0 Å². The monoisotopic (exact) mass is 485 g/mol. The minimum absolute atomic E-state index is 0.00580. The highest BCUT2D eigenvalue weighted by molar-refractivity contribution is 5.52. The Morgan fingerprint density at radius 1 is 0.943 bits per heavy atom. The Labute approximate surface area is 207 Å². The van der Waals surface area contributed by atoms with E-state index >= 15 is 8.78 Å². The lowest BCUT2D eigenvalue weighted by Crippen LogP contribution is -2.39. The highest BCUT2D eigenvalue weighted by atomic mass is 19.3. The van der Waals surface area contributed by atoms with Gasteiger partial charge >= 0.3 is 0 Å². The zero-order valence-electron chi connectivity index (χ0n) is 20.8. The number of phenolic OH excluding ortho intramolecular Hbond substituents is 1. The lowest BCUT2D eigenvalue weighted by molar-refractivity contribution is -0.141. The maximum absolute atomic E-state index is 15.3. The molecule has 3 aliphatic rings. The molecule has 2 aliphatic carbocycles.